The Labute approximate surface area is 115 Å². The van der Waals surface area contributed by atoms with E-state index in [2.05, 4.69) is 4.98 Å². The summed E-state index contributed by atoms with van der Waals surface area (Å²) in [5.74, 6) is -0.503. The zero-order valence-electron chi connectivity index (χ0n) is 10.3. The third-order valence-electron chi connectivity index (χ3n) is 2.68. The molecule has 0 spiro atoms. The van der Waals surface area contributed by atoms with E-state index < -0.39 is 29.4 Å². The highest BCUT2D eigenvalue weighted by Gasteiger charge is 2.36. The second kappa shape index (κ2) is 4.94. The van der Waals surface area contributed by atoms with Crippen LogP contribution in [-0.4, -0.2) is 4.98 Å². The Morgan fingerprint density at radius 1 is 0.857 bits per heavy atom. The molecular weight excluding hydrogens is 298 g/mol. The highest BCUT2D eigenvalue weighted by Crippen LogP contribution is 2.39. The van der Waals surface area contributed by atoms with Crippen molar-refractivity contribution in [2.45, 2.75) is 12.4 Å². The molecule has 2 N–H and O–H groups in total. The van der Waals surface area contributed by atoms with E-state index in [0.29, 0.717) is 6.07 Å². The third-order valence-corrected chi connectivity index (χ3v) is 2.68. The van der Waals surface area contributed by atoms with Crippen LogP contribution in [0, 0.1) is 0 Å². The van der Waals surface area contributed by atoms with Crippen LogP contribution in [-0.2, 0) is 12.4 Å². The maximum Gasteiger partial charge on any atom is 0.433 e. The zero-order valence-corrected chi connectivity index (χ0v) is 10.3. The van der Waals surface area contributed by atoms with Crippen molar-refractivity contribution >= 4 is 5.82 Å². The van der Waals surface area contributed by atoms with Crippen LogP contribution in [0.25, 0.3) is 11.1 Å². The molecule has 0 aliphatic rings. The van der Waals surface area contributed by atoms with Crippen molar-refractivity contribution < 1.29 is 26.3 Å². The molecule has 8 heteroatoms. The lowest BCUT2D eigenvalue weighted by Crippen LogP contribution is -2.11. The van der Waals surface area contributed by atoms with Crippen LogP contribution in [0.5, 0.6) is 0 Å². The number of pyridine rings is 1. The molecule has 0 radical (unpaired) electrons. The summed E-state index contributed by atoms with van der Waals surface area (Å²) in [5.41, 5.74) is 2.21. The fraction of sp³-hybridized carbons (Fsp3) is 0.154. The van der Waals surface area contributed by atoms with Gasteiger partial charge in [-0.15, -0.1) is 0 Å². The summed E-state index contributed by atoms with van der Waals surface area (Å²) >= 11 is 0. The van der Waals surface area contributed by atoms with Crippen molar-refractivity contribution in [3.8, 4) is 11.1 Å². The number of hydrogen-bond donors (Lipinski definition) is 1. The van der Waals surface area contributed by atoms with Gasteiger partial charge >= 0.3 is 12.4 Å². The maximum absolute atomic E-state index is 12.9. The molecule has 0 saturated heterocycles. The van der Waals surface area contributed by atoms with Gasteiger partial charge in [0.15, 0.2) is 0 Å². The van der Waals surface area contributed by atoms with E-state index in [1.165, 1.54) is 6.07 Å². The fourth-order valence-electron chi connectivity index (χ4n) is 1.83. The van der Waals surface area contributed by atoms with E-state index in [9.17, 15) is 26.3 Å². The molecule has 2 nitrogen and oxygen atoms in total. The van der Waals surface area contributed by atoms with E-state index in [-0.39, 0.29) is 11.1 Å². The molecule has 1 aromatic heterocycles. The lowest BCUT2D eigenvalue weighted by molar-refractivity contribution is -0.141. The van der Waals surface area contributed by atoms with Crippen LogP contribution in [0.2, 0.25) is 0 Å². The molecule has 112 valence electrons. The molecule has 1 aromatic carbocycles. The number of hydrogen-bond acceptors (Lipinski definition) is 2. The third kappa shape index (κ3) is 3.26. The largest absolute Gasteiger partial charge is 0.433 e. The number of halogens is 6. The smallest absolute Gasteiger partial charge is 0.384 e. The summed E-state index contributed by atoms with van der Waals surface area (Å²) in [5, 5.41) is 0. The first-order valence-electron chi connectivity index (χ1n) is 5.60. The highest BCUT2D eigenvalue weighted by molar-refractivity contribution is 5.70. The van der Waals surface area contributed by atoms with Crippen molar-refractivity contribution in [1.29, 1.82) is 0 Å². The molecule has 2 aromatic rings. The topological polar surface area (TPSA) is 38.9 Å². The first kappa shape index (κ1) is 15.1. The van der Waals surface area contributed by atoms with Gasteiger partial charge in [-0.3, -0.25) is 0 Å². The number of anilines is 1. The normalized spacial score (nSPS) is 12.5. The molecule has 0 amide bonds. The molecule has 0 atom stereocenters. The summed E-state index contributed by atoms with van der Waals surface area (Å²) in [6.45, 7) is 0. The second-order valence-corrected chi connectivity index (χ2v) is 4.21. The van der Waals surface area contributed by atoms with Crippen LogP contribution >= 0.6 is 0 Å². The van der Waals surface area contributed by atoms with Crippen LogP contribution in [0.1, 0.15) is 11.3 Å². The molecule has 0 unspecified atom stereocenters. The van der Waals surface area contributed by atoms with Crippen LogP contribution < -0.4 is 5.73 Å². The minimum Gasteiger partial charge on any atom is -0.384 e. The van der Waals surface area contributed by atoms with Gasteiger partial charge in [0.05, 0.1) is 5.56 Å². The average molecular weight is 306 g/mol. The van der Waals surface area contributed by atoms with Crippen molar-refractivity contribution in [3.05, 3.63) is 47.7 Å². The quantitative estimate of drug-likeness (QED) is 0.795. The minimum atomic E-state index is -4.79. The molecule has 1 heterocycles. The van der Waals surface area contributed by atoms with Gasteiger partial charge in [0.1, 0.15) is 11.5 Å². The number of nitrogen functional groups attached to an aromatic ring is 1. The van der Waals surface area contributed by atoms with Gasteiger partial charge in [0, 0.05) is 0 Å². The van der Waals surface area contributed by atoms with Crippen LogP contribution in [0.15, 0.2) is 36.4 Å². The number of nitrogens with zero attached hydrogens (tertiary/aromatic N) is 1. The Bertz CT molecular complexity index is 660. The summed E-state index contributed by atoms with van der Waals surface area (Å²) in [6, 6.07) is 5.84. The molecule has 0 aliphatic heterocycles. The monoisotopic (exact) mass is 306 g/mol. The van der Waals surface area contributed by atoms with E-state index >= 15 is 0 Å². The van der Waals surface area contributed by atoms with E-state index in [4.69, 9.17) is 5.73 Å². The van der Waals surface area contributed by atoms with Gasteiger partial charge < -0.3 is 5.73 Å². The maximum atomic E-state index is 12.9. The van der Waals surface area contributed by atoms with Gasteiger partial charge in [-0.2, -0.15) is 26.3 Å². The van der Waals surface area contributed by atoms with Gasteiger partial charge in [-0.1, -0.05) is 18.2 Å². The van der Waals surface area contributed by atoms with Crippen molar-refractivity contribution in [2.24, 2.45) is 0 Å². The number of alkyl halides is 6. The SMILES string of the molecule is Nc1cc(-c2ccccc2C(F)(F)F)cc(C(F)(F)F)n1. The lowest BCUT2D eigenvalue weighted by atomic mass is 9.99. The van der Waals surface area contributed by atoms with Crippen molar-refractivity contribution in [2.75, 3.05) is 5.73 Å². The van der Waals surface area contributed by atoms with Gasteiger partial charge in [0.2, 0.25) is 0 Å². The van der Waals surface area contributed by atoms with Gasteiger partial charge in [0.25, 0.3) is 0 Å². The Morgan fingerprint density at radius 2 is 1.48 bits per heavy atom. The summed E-state index contributed by atoms with van der Waals surface area (Å²) < 4.78 is 76.7. The second-order valence-electron chi connectivity index (χ2n) is 4.21. The molecule has 0 aliphatic carbocycles. The van der Waals surface area contributed by atoms with E-state index in [1.807, 2.05) is 0 Å². The molecule has 0 bridgehead atoms. The molecule has 0 saturated carbocycles. The Morgan fingerprint density at radius 3 is 2.05 bits per heavy atom. The molecule has 21 heavy (non-hydrogen) atoms. The van der Waals surface area contributed by atoms with Crippen LogP contribution in [0.3, 0.4) is 0 Å². The Hall–Kier alpha value is -2.25. The zero-order chi connectivity index (χ0) is 15.8. The highest BCUT2D eigenvalue weighted by atomic mass is 19.4. The van der Waals surface area contributed by atoms with Gasteiger partial charge in [-0.25, -0.2) is 4.98 Å². The summed E-state index contributed by atoms with van der Waals surface area (Å²) in [4.78, 5) is 3.09. The molecular formula is C13H8F6N2. The predicted octanol–water partition coefficient (Wildman–Crippen LogP) is 4.37. The summed E-state index contributed by atoms with van der Waals surface area (Å²) in [6.07, 6.45) is -9.48. The first-order chi connectivity index (χ1) is 9.59. The lowest BCUT2D eigenvalue weighted by Gasteiger charge is -2.14. The number of aromatic nitrogens is 1. The van der Waals surface area contributed by atoms with Crippen LogP contribution in [0.4, 0.5) is 32.2 Å². The van der Waals surface area contributed by atoms with Crippen molar-refractivity contribution in [1.82, 2.24) is 4.98 Å². The molecule has 0 fully saturated rings. The predicted molar refractivity (Wildman–Crippen MR) is 64.1 cm³/mol. The van der Waals surface area contributed by atoms with E-state index in [1.54, 1.807) is 0 Å². The minimum absolute atomic E-state index is 0.289. The van der Waals surface area contributed by atoms with Gasteiger partial charge in [-0.05, 0) is 29.3 Å². The average Bonchev–Trinajstić information content (AvgIpc) is 2.36. The summed E-state index contributed by atoms with van der Waals surface area (Å²) in [7, 11) is 0. The van der Waals surface area contributed by atoms with E-state index in [0.717, 1.165) is 24.3 Å². The number of benzene rings is 1. The first-order valence-corrected chi connectivity index (χ1v) is 5.60. The fourth-order valence-corrected chi connectivity index (χ4v) is 1.83. The number of nitrogens with two attached hydrogens (primary N) is 1. The number of rotatable bonds is 1. The van der Waals surface area contributed by atoms with Crippen molar-refractivity contribution in [3.63, 3.8) is 0 Å². The Balaban J connectivity index is 2.66. The Kier molecular flexibility index (Phi) is 3.56. The standard InChI is InChI=1S/C13H8F6N2/c14-12(15,16)9-4-2-1-3-8(9)7-5-10(13(17,18)19)21-11(20)6-7/h1-6H,(H2,20,21). The molecule has 2 rings (SSSR count).